The fraction of sp³-hybridized carbons (Fsp3) is 0.429. The highest BCUT2D eigenvalue weighted by molar-refractivity contribution is 8.14. The Labute approximate surface area is 123 Å². The van der Waals surface area contributed by atoms with E-state index in [0.29, 0.717) is 22.5 Å². The molecule has 0 spiro atoms. The van der Waals surface area contributed by atoms with E-state index in [1.54, 1.807) is 11.8 Å². The predicted octanol–water partition coefficient (Wildman–Crippen LogP) is 1.59. The van der Waals surface area contributed by atoms with Gasteiger partial charge in [-0.05, 0) is 30.7 Å². The van der Waals surface area contributed by atoms with Gasteiger partial charge in [0.1, 0.15) is 0 Å². The SMILES string of the molecule is Cc1cc(NCCN)ccc1C(=O)NC1=NCC(C)S1. The van der Waals surface area contributed by atoms with Gasteiger partial charge in [0.05, 0.1) is 6.54 Å². The third kappa shape index (κ3) is 3.74. The van der Waals surface area contributed by atoms with E-state index in [2.05, 4.69) is 22.5 Å². The maximum Gasteiger partial charge on any atom is 0.257 e. The number of rotatable bonds is 4. The van der Waals surface area contributed by atoms with Gasteiger partial charge in [0.2, 0.25) is 0 Å². The minimum absolute atomic E-state index is 0.103. The first kappa shape index (κ1) is 14.9. The number of hydrogen-bond acceptors (Lipinski definition) is 5. The van der Waals surface area contributed by atoms with Gasteiger partial charge in [0.15, 0.2) is 5.17 Å². The van der Waals surface area contributed by atoms with E-state index in [4.69, 9.17) is 5.73 Å². The number of nitrogens with zero attached hydrogens (tertiary/aromatic N) is 1. The lowest BCUT2D eigenvalue weighted by Crippen LogP contribution is -2.28. The lowest BCUT2D eigenvalue weighted by atomic mass is 10.1. The zero-order chi connectivity index (χ0) is 14.5. The predicted molar refractivity (Wildman–Crippen MR) is 85.5 cm³/mol. The van der Waals surface area contributed by atoms with Crippen LogP contribution in [-0.4, -0.2) is 36.0 Å². The Bertz CT molecular complexity index is 530. The van der Waals surface area contributed by atoms with E-state index in [1.807, 2.05) is 25.1 Å². The molecule has 4 N–H and O–H groups in total. The van der Waals surface area contributed by atoms with Crippen LogP contribution in [0.2, 0.25) is 0 Å². The number of nitrogens with two attached hydrogens (primary N) is 1. The molecule has 1 aromatic carbocycles. The first-order valence-corrected chi connectivity index (χ1v) is 7.55. The Morgan fingerprint density at radius 2 is 2.35 bits per heavy atom. The Hall–Kier alpha value is -1.53. The zero-order valence-corrected chi connectivity index (χ0v) is 12.6. The van der Waals surface area contributed by atoms with Crippen molar-refractivity contribution in [3.63, 3.8) is 0 Å². The summed E-state index contributed by atoms with van der Waals surface area (Å²) in [4.78, 5) is 16.5. The normalized spacial score (nSPS) is 17.8. The summed E-state index contributed by atoms with van der Waals surface area (Å²) in [6.07, 6.45) is 0. The van der Waals surface area contributed by atoms with Crippen LogP contribution < -0.4 is 16.4 Å². The molecule has 1 amide bonds. The molecule has 20 heavy (non-hydrogen) atoms. The van der Waals surface area contributed by atoms with Crippen molar-refractivity contribution < 1.29 is 4.79 Å². The molecule has 0 aliphatic carbocycles. The second-order valence-electron chi connectivity index (χ2n) is 4.77. The second-order valence-corrected chi connectivity index (χ2v) is 6.20. The van der Waals surface area contributed by atoms with Crippen LogP contribution in [0.25, 0.3) is 0 Å². The van der Waals surface area contributed by atoms with Gasteiger partial charge in [-0.1, -0.05) is 18.7 Å². The largest absolute Gasteiger partial charge is 0.384 e. The molecule has 6 heteroatoms. The molecule has 0 saturated heterocycles. The lowest BCUT2D eigenvalue weighted by molar-refractivity contribution is 0.0977. The number of aliphatic imine (C=N–C) groups is 1. The van der Waals surface area contributed by atoms with Gasteiger partial charge in [-0.2, -0.15) is 0 Å². The summed E-state index contributed by atoms with van der Waals surface area (Å²) in [7, 11) is 0. The fourth-order valence-electron chi connectivity index (χ4n) is 1.95. The van der Waals surface area contributed by atoms with Crippen LogP contribution in [0.1, 0.15) is 22.8 Å². The summed E-state index contributed by atoms with van der Waals surface area (Å²) in [6, 6.07) is 5.67. The van der Waals surface area contributed by atoms with Gasteiger partial charge in [-0.15, -0.1) is 0 Å². The van der Waals surface area contributed by atoms with E-state index in [1.165, 1.54) is 0 Å². The minimum Gasteiger partial charge on any atom is -0.384 e. The van der Waals surface area contributed by atoms with E-state index in [-0.39, 0.29) is 5.91 Å². The third-order valence-electron chi connectivity index (χ3n) is 2.97. The molecular weight excluding hydrogens is 272 g/mol. The van der Waals surface area contributed by atoms with Gasteiger partial charge in [-0.25, -0.2) is 0 Å². The van der Waals surface area contributed by atoms with Crippen LogP contribution in [0.4, 0.5) is 5.69 Å². The second kappa shape index (κ2) is 6.76. The quantitative estimate of drug-likeness (QED) is 0.787. The van der Waals surface area contributed by atoms with Crippen LogP contribution in [-0.2, 0) is 0 Å². The molecule has 0 saturated carbocycles. The van der Waals surface area contributed by atoms with Crippen LogP contribution in [0.15, 0.2) is 23.2 Å². The van der Waals surface area contributed by atoms with Crippen molar-refractivity contribution >= 4 is 28.5 Å². The topological polar surface area (TPSA) is 79.5 Å². The van der Waals surface area contributed by atoms with Gasteiger partial charge >= 0.3 is 0 Å². The highest BCUT2D eigenvalue weighted by atomic mass is 32.2. The van der Waals surface area contributed by atoms with Gasteiger partial charge < -0.3 is 16.4 Å². The van der Waals surface area contributed by atoms with Crippen LogP contribution in [0.5, 0.6) is 0 Å². The Morgan fingerprint density at radius 1 is 1.55 bits per heavy atom. The summed E-state index contributed by atoms with van der Waals surface area (Å²) < 4.78 is 0. The summed E-state index contributed by atoms with van der Waals surface area (Å²) in [5.41, 5.74) is 8.03. The van der Waals surface area contributed by atoms with Crippen molar-refractivity contribution in [1.29, 1.82) is 0 Å². The number of anilines is 1. The fourth-order valence-corrected chi connectivity index (χ4v) is 2.79. The highest BCUT2D eigenvalue weighted by Crippen LogP contribution is 2.20. The number of amidine groups is 1. The molecule has 2 rings (SSSR count). The smallest absolute Gasteiger partial charge is 0.257 e. The number of hydrogen-bond donors (Lipinski definition) is 3. The highest BCUT2D eigenvalue weighted by Gasteiger charge is 2.18. The summed E-state index contributed by atoms with van der Waals surface area (Å²) >= 11 is 1.60. The average Bonchev–Trinajstić information content (AvgIpc) is 2.81. The van der Waals surface area contributed by atoms with Crippen LogP contribution in [0.3, 0.4) is 0 Å². The van der Waals surface area contributed by atoms with Crippen molar-refractivity contribution in [2.45, 2.75) is 19.1 Å². The van der Waals surface area contributed by atoms with Gasteiger partial charge in [0.25, 0.3) is 5.91 Å². The van der Waals surface area contributed by atoms with E-state index < -0.39 is 0 Å². The van der Waals surface area contributed by atoms with Crippen molar-refractivity contribution in [2.24, 2.45) is 10.7 Å². The Morgan fingerprint density at radius 3 is 2.95 bits per heavy atom. The number of carbonyl (C=O) groups is 1. The van der Waals surface area contributed by atoms with Crippen molar-refractivity contribution in [3.05, 3.63) is 29.3 Å². The molecule has 1 aliphatic rings. The molecule has 1 aliphatic heterocycles. The molecule has 1 atom stereocenters. The maximum atomic E-state index is 12.2. The first-order valence-electron chi connectivity index (χ1n) is 6.67. The molecule has 1 unspecified atom stereocenters. The Kier molecular flexibility index (Phi) is 5.03. The summed E-state index contributed by atoms with van der Waals surface area (Å²) in [6.45, 7) is 6.08. The third-order valence-corrected chi connectivity index (χ3v) is 3.98. The number of aryl methyl sites for hydroxylation is 1. The van der Waals surface area contributed by atoms with Crippen LogP contribution >= 0.6 is 11.8 Å². The maximum absolute atomic E-state index is 12.2. The number of thioether (sulfide) groups is 1. The molecule has 1 heterocycles. The van der Waals surface area contributed by atoms with Crippen LogP contribution in [0, 0.1) is 6.92 Å². The number of carbonyl (C=O) groups excluding carboxylic acids is 1. The number of benzene rings is 1. The van der Waals surface area contributed by atoms with Gasteiger partial charge in [0, 0.05) is 29.6 Å². The van der Waals surface area contributed by atoms with Crippen molar-refractivity contribution in [1.82, 2.24) is 5.32 Å². The molecule has 0 bridgehead atoms. The monoisotopic (exact) mass is 292 g/mol. The van der Waals surface area contributed by atoms with E-state index >= 15 is 0 Å². The van der Waals surface area contributed by atoms with Crippen molar-refractivity contribution in [2.75, 3.05) is 25.0 Å². The molecular formula is C14H20N4OS. The molecule has 0 aromatic heterocycles. The zero-order valence-electron chi connectivity index (χ0n) is 11.8. The average molecular weight is 292 g/mol. The molecule has 1 aromatic rings. The molecule has 108 valence electrons. The summed E-state index contributed by atoms with van der Waals surface area (Å²) in [5.74, 6) is -0.103. The summed E-state index contributed by atoms with van der Waals surface area (Å²) in [5, 5.41) is 7.21. The molecule has 0 fully saturated rings. The first-order chi connectivity index (χ1) is 9.60. The standard InChI is InChI=1S/C14H20N4OS/c1-9-7-11(16-6-5-15)3-4-12(9)13(19)18-14-17-8-10(2)20-14/h3-4,7,10,16H,5-6,8,15H2,1-2H3,(H,17,18,19). The number of nitrogens with one attached hydrogen (secondary N) is 2. The lowest BCUT2D eigenvalue weighted by Gasteiger charge is -2.10. The molecule has 5 nitrogen and oxygen atoms in total. The minimum atomic E-state index is -0.103. The van der Waals surface area contributed by atoms with E-state index in [9.17, 15) is 4.79 Å². The number of amides is 1. The Balaban J connectivity index is 2.03. The van der Waals surface area contributed by atoms with E-state index in [0.717, 1.165) is 24.3 Å². The van der Waals surface area contributed by atoms with Gasteiger partial charge in [-0.3, -0.25) is 9.79 Å². The van der Waals surface area contributed by atoms with Crippen molar-refractivity contribution in [3.8, 4) is 0 Å². The molecule has 0 radical (unpaired) electrons.